The van der Waals surface area contributed by atoms with Gasteiger partial charge in [-0.15, -0.1) is 0 Å². The van der Waals surface area contributed by atoms with Crippen LogP contribution in [-0.2, 0) is 10.0 Å². The molecular formula is C13H14FN3O2S. The van der Waals surface area contributed by atoms with Crippen LogP contribution in [0.2, 0.25) is 0 Å². The van der Waals surface area contributed by atoms with Crippen LogP contribution in [0.3, 0.4) is 0 Å². The summed E-state index contributed by atoms with van der Waals surface area (Å²) >= 11 is 0. The maximum absolute atomic E-state index is 12.8. The van der Waals surface area contributed by atoms with E-state index in [1.165, 1.54) is 6.07 Å². The molecule has 1 heterocycles. The Hall–Kier alpha value is -2.15. The Morgan fingerprint density at radius 2 is 1.90 bits per heavy atom. The van der Waals surface area contributed by atoms with Crippen molar-refractivity contribution in [3.05, 3.63) is 47.4 Å². The standard InChI is InChI=1S/C13H14FN3O2S/c1-8-3-5-11(15)9(2)13(8)20(18,19)17-12-6-4-10(14)7-16-12/h3-7H,15H2,1-2H3,(H,16,17). The molecular weight excluding hydrogens is 281 g/mol. The first-order valence-electron chi connectivity index (χ1n) is 5.81. The monoisotopic (exact) mass is 295 g/mol. The second-order valence-electron chi connectivity index (χ2n) is 4.39. The molecule has 0 saturated carbocycles. The Labute approximate surface area is 116 Å². The minimum atomic E-state index is -3.82. The Balaban J connectivity index is 2.46. The molecule has 1 aromatic carbocycles. The van der Waals surface area contributed by atoms with Gasteiger partial charge in [-0.2, -0.15) is 0 Å². The van der Waals surface area contributed by atoms with Gasteiger partial charge in [-0.25, -0.2) is 17.8 Å². The highest BCUT2D eigenvalue weighted by atomic mass is 32.2. The van der Waals surface area contributed by atoms with E-state index < -0.39 is 15.8 Å². The third kappa shape index (κ3) is 2.72. The molecule has 0 unspecified atom stereocenters. The topological polar surface area (TPSA) is 85.1 Å². The highest BCUT2D eigenvalue weighted by Gasteiger charge is 2.21. The van der Waals surface area contributed by atoms with Gasteiger partial charge in [0, 0.05) is 5.69 Å². The molecule has 0 aliphatic rings. The van der Waals surface area contributed by atoms with Gasteiger partial charge >= 0.3 is 0 Å². The molecule has 0 amide bonds. The molecule has 20 heavy (non-hydrogen) atoms. The lowest BCUT2D eigenvalue weighted by atomic mass is 10.1. The van der Waals surface area contributed by atoms with Crippen LogP contribution in [0.1, 0.15) is 11.1 Å². The molecule has 7 heteroatoms. The van der Waals surface area contributed by atoms with Crippen molar-refractivity contribution in [2.45, 2.75) is 18.7 Å². The molecule has 0 atom stereocenters. The van der Waals surface area contributed by atoms with Gasteiger partial charge in [-0.3, -0.25) is 4.72 Å². The average molecular weight is 295 g/mol. The predicted molar refractivity (Wildman–Crippen MR) is 75.3 cm³/mol. The second-order valence-corrected chi connectivity index (χ2v) is 6.01. The molecule has 0 aliphatic heterocycles. The Bertz CT molecular complexity index is 743. The van der Waals surface area contributed by atoms with Crippen LogP contribution >= 0.6 is 0 Å². The lowest BCUT2D eigenvalue weighted by Crippen LogP contribution is -2.17. The number of anilines is 2. The summed E-state index contributed by atoms with van der Waals surface area (Å²) in [6, 6.07) is 5.67. The maximum Gasteiger partial charge on any atom is 0.263 e. The molecule has 0 aliphatic carbocycles. The first kappa shape index (κ1) is 14.3. The Morgan fingerprint density at radius 3 is 2.50 bits per heavy atom. The molecule has 0 radical (unpaired) electrons. The number of nitrogen functional groups attached to an aromatic ring is 1. The molecule has 2 rings (SSSR count). The van der Waals surface area contributed by atoms with Crippen molar-refractivity contribution < 1.29 is 12.8 Å². The normalized spacial score (nSPS) is 11.3. The molecule has 2 aromatic rings. The molecule has 0 bridgehead atoms. The summed E-state index contributed by atoms with van der Waals surface area (Å²) in [4.78, 5) is 3.79. The zero-order chi connectivity index (χ0) is 14.9. The van der Waals surface area contributed by atoms with Gasteiger partial charge in [-0.1, -0.05) is 6.07 Å². The van der Waals surface area contributed by atoms with E-state index in [-0.39, 0.29) is 10.7 Å². The van der Waals surface area contributed by atoms with Crippen molar-refractivity contribution in [1.82, 2.24) is 4.98 Å². The van der Waals surface area contributed by atoms with E-state index in [2.05, 4.69) is 9.71 Å². The van der Waals surface area contributed by atoms with Gasteiger partial charge in [0.1, 0.15) is 11.6 Å². The zero-order valence-electron chi connectivity index (χ0n) is 11.0. The van der Waals surface area contributed by atoms with Crippen molar-refractivity contribution in [2.75, 3.05) is 10.5 Å². The van der Waals surface area contributed by atoms with E-state index in [0.29, 0.717) is 16.8 Å². The van der Waals surface area contributed by atoms with Crippen LogP contribution in [0.5, 0.6) is 0 Å². The fourth-order valence-corrected chi connectivity index (χ4v) is 3.39. The van der Waals surface area contributed by atoms with E-state index in [0.717, 1.165) is 12.3 Å². The van der Waals surface area contributed by atoms with E-state index in [1.807, 2.05) is 0 Å². The van der Waals surface area contributed by atoms with Crippen molar-refractivity contribution in [2.24, 2.45) is 0 Å². The molecule has 3 N–H and O–H groups in total. The molecule has 106 valence electrons. The lowest BCUT2D eigenvalue weighted by Gasteiger charge is -2.13. The third-order valence-electron chi connectivity index (χ3n) is 2.88. The first-order valence-corrected chi connectivity index (χ1v) is 7.29. The van der Waals surface area contributed by atoms with E-state index in [9.17, 15) is 12.8 Å². The largest absolute Gasteiger partial charge is 0.398 e. The number of nitrogens with one attached hydrogen (secondary N) is 1. The number of hydrogen-bond donors (Lipinski definition) is 2. The van der Waals surface area contributed by atoms with Crippen LogP contribution in [0.15, 0.2) is 35.4 Å². The van der Waals surface area contributed by atoms with Crippen LogP contribution in [0, 0.1) is 19.7 Å². The second kappa shape index (κ2) is 5.09. The van der Waals surface area contributed by atoms with Gasteiger partial charge < -0.3 is 5.73 Å². The SMILES string of the molecule is Cc1ccc(N)c(C)c1S(=O)(=O)Nc1ccc(F)cn1. The average Bonchev–Trinajstić information content (AvgIpc) is 2.37. The Kier molecular flexibility index (Phi) is 3.63. The zero-order valence-corrected chi connectivity index (χ0v) is 11.8. The summed E-state index contributed by atoms with van der Waals surface area (Å²) in [5, 5.41) is 0. The smallest absolute Gasteiger partial charge is 0.263 e. The number of aromatic nitrogens is 1. The third-order valence-corrected chi connectivity index (χ3v) is 4.52. The van der Waals surface area contributed by atoms with Gasteiger partial charge in [0.15, 0.2) is 0 Å². The molecule has 5 nitrogen and oxygen atoms in total. The van der Waals surface area contributed by atoms with E-state index in [1.54, 1.807) is 26.0 Å². The van der Waals surface area contributed by atoms with Crippen LogP contribution in [0.4, 0.5) is 15.9 Å². The van der Waals surface area contributed by atoms with Gasteiger partial charge in [0.05, 0.1) is 11.1 Å². The van der Waals surface area contributed by atoms with Crippen molar-refractivity contribution in [1.29, 1.82) is 0 Å². The van der Waals surface area contributed by atoms with Crippen LogP contribution in [-0.4, -0.2) is 13.4 Å². The Morgan fingerprint density at radius 1 is 1.20 bits per heavy atom. The van der Waals surface area contributed by atoms with Gasteiger partial charge in [0.25, 0.3) is 10.0 Å². The number of rotatable bonds is 3. The number of sulfonamides is 1. The maximum atomic E-state index is 12.8. The highest BCUT2D eigenvalue weighted by Crippen LogP contribution is 2.26. The van der Waals surface area contributed by atoms with Crippen LogP contribution < -0.4 is 10.5 Å². The van der Waals surface area contributed by atoms with E-state index in [4.69, 9.17) is 5.73 Å². The van der Waals surface area contributed by atoms with Gasteiger partial charge in [0.2, 0.25) is 0 Å². The van der Waals surface area contributed by atoms with Crippen molar-refractivity contribution in [3.63, 3.8) is 0 Å². The quantitative estimate of drug-likeness (QED) is 0.850. The summed E-state index contributed by atoms with van der Waals surface area (Å²) < 4.78 is 39.8. The predicted octanol–water partition coefficient (Wildman–Crippen LogP) is 2.22. The number of benzene rings is 1. The molecule has 0 fully saturated rings. The fraction of sp³-hybridized carbons (Fsp3) is 0.154. The number of nitrogens with two attached hydrogens (primary N) is 1. The van der Waals surface area contributed by atoms with E-state index >= 15 is 0 Å². The minimum Gasteiger partial charge on any atom is -0.398 e. The molecule has 0 saturated heterocycles. The number of pyridine rings is 1. The summed E-state index contributed by atoms with van der Waals surface area (Å²) in [5.41, 5.74) is 7.18. The van der Waals surface area contributed by atoms with Gasteiger partial charge in [-0.05, 0) is 43.2 Å². The summed E-state index contributed by atoms with van der Waals surface area (Å²) in [6.45, 7) is 3.31. The summed E-state index contributed by atoms with van der Waals surface area (Å²) in [5.74, 6) is -0.489. The fourth-order valence-electron chi connectivity index (χ4n) is 1.88. The molecule has 1 aromatic heterocycles. The van der Waals surface area contributed by atoms with Crippen LogP contribution in [0.25, 0.3) is 0 Å². The summed E-state index contributed by atoms with van der Waals surface area (Å²) in [7, 11) is -3.82. The number of aryl methyl sites for hydroxylation is 1. The number of halogens is 1. The molecule has 0 spiro atoms. The summed E-state index contributed by atoms with van der Waals surface area (Å²) in [6.07, 6.45) is 0.941. The first-order chi connectivity index (χ1) is 9.31. The number of nitrogens with zero attached hydrogens (tertiary/aromatic N) is 1. The minimum absolute atomic E-state index is 0.0487. The number of hydrogen-bond acceptors (Lipinski definition) is 4. The van der Waals surface area contributed by atoms with Crippen molar-refractivity contribution >= 4 is 21.5 Å². The van der Waals surface area contributed by atoms with Crippen molar-refractivity contribution in [3.8, 4) is 0 Å². The highest BCUT2D eigenvalue weighted by molar-refractivity contribution is 7.92. The lowest BCUT2D eigenvalue weighted by molar-refractivity contribution is 0.599.